The van der Waals surface area contributed by atoms with E-state index in [9.17, 15) is 9.59 Å². The lowest BCUT2D eigenvalue weighted by Gasteiger charge is -2.10. The number of amides is 1. The summed E-state index contributed by atoms with van der Waals surface area (Å²) in [7, 11) is 0. The van der Waals surface area contributed by atoms with Gasteiger partial charge in [0.15, 0.2) is 13.2 Å². The van der Waals surface area contributed by atoms with Gasteiger partial charge in [-0.15, -0.1) is 0 Å². The quantitative estimate of drug-likeness (QED) is 0.777. The van der Waals surface area contributed by atoms with Crippen LogP contribution in [0, 0.1) is 11.3 Å². The molecule has 2 rings (SSSR count). The number of para-hydroxylation sites is 2. The Balaban J connectivity index is 1.82. The molecule has 0 fully saturated rings. The SMILES string of the molecule is N#Cc1ccccc1OCC(=O)OCC(=O)Nc1c(Cl)cccc1Cl. The van der Waals surface area contributed by atoms with Crippen LogP contribution in [0.2, 0.25) is 10.0 Å². The standard InChI is InChI=1S/C17H12Cl2N2O4/c18-12-5-3-6-13(19)17(12)21-15(22)9-25-16(23)10-24-14-7-2-1-4-11(14)8-20/h1-7H,9-10H2,(H,21,22). The highest BCUT2D eigenvalue weighted by Crippen LogP contribution is 2.29. The number of esters is 1. The number of hydrogen-bond donors (Lipinski definition) is 1. The van der Waals surface area contributed by atoms with E-state index in [0.29, 0.717) is 5.56 Å². The topological polar surface area (TPSA) is 88.4 Å². The number of halogens is 2. The Bertz CT molecular complexity index is 813. The maximum absolute atomic E-state index is 11.8. The first-order valence-electron chi connectivity index (χ1n) is 7.02. The average Bonchev–Trinajstić information content (AvgIpc) is 2.61. The molecular weight excluding hydrogens is 367 g/mol. The van der Waals surface area contributed by atoms with Crippen molar-refractivity contribution >= 4 is 40.8 Å². The minimum Gasteiger partial charge on any atom is -0.481 e. The third-order valence-electron chi connectivity index (χ3n) is 2.94. The van der Waals surface area contributed by atoms with Crippen molar-refractivity contribution in [3.63, 3.8) is 0 Å². The van der Waals surface area contributed by atoms with E-state index in [4.69, 9.17) is 37.9 Å². The zero-order valence-corrected chi connectivity index (χ0v) is 14.3. The second-order valence-corrected chi connectivity index (χ2v) is 5.52. The van der Waals surface area contributed by atoms with Crippen molar-refractivity contribution in [3.8, 4) is 11.8 Å². The minimum absolute atomic E-state index is 0.242. The number of nitrogens with zero attached hydrogens (tertiary/aromatic N) is 1. The molecule has 8 heteroatoms. The number of anilines is 1. The van der Waals surface area contributed by atoms with Crippen molar-refractivity contribution in [1.82, 2.24) is 0 Å². The summed E-state index contributed by atoms with van der Waals surface area (Å²) < 4.78 is 10.0. The van der Waals surface area contributed by atoms with E-state index in [1.165, 1.54) is 0 Å². The Kier molecular flexibility index (Phi) is 6.63. The molecule has 128 valence electrons. The van der Waals surface area contributed by atoms with Gasteiger partial charge in [-0.05, 0) is 24.3 Å². The van der Waals surface area contributed by atoms with Crippen LogP contribution in [0.3, 0.4) is 0 Å². The predicted molar refractivity (Wildman–Crippen MR) is 92.7 cm³/mol. The van der Waals surface area contributed by atoms with Gasteiger partial charge in [0.2, 0.25) is 0 Å². The van der Waals surface area contributed by atoms with Crippen molar-refractivity contribution in [3.05, 3.63) is 58.1 Å². The van der Waals surface area contributed by atoms with Crippen LogP contribution in [0.5, 0.6) is 5.75 Å². The fourth-order valence-electron chi connectivity index (χ4n) is 1.80. The summed E-state index contributed by atoms with van der Waals surface area (Å²) in [5.74, 6) is -1.09. The molecule has 0 aliphatic heterocycles. The lowest BCUT2D eigenvalue weighted by Crippen LogP contribution is -2.24. The smallest absolute Gasteiger partial charge is 0.344 e. The van der Waals surface area contributed by atoms with Gasteiger partial charge in [-0.1, -0.05) is 41.4 Å². The highest BCUT2D eigenvalue weighted by atomic mass is 35.5. The number of nitriles is 1. The first-order chi connectivity index (χ1) is 12.0. The molecule has 2 aromatic carbocycles. The van der Waals surface area contributed by atoms with Gasteiger partial charge in [-0.25, -0.2) is 4.79 Å². The average molecular weight is 379 g/mol. The van der Waals surface area contributed by atoms with Crippen LogP contribution in [0.1, 0.15) is 5.56 Å². The summed E-state index contributed by atoms with van der Waals surface area (Å²) in [5.41, 5.74) is 0.535. The van der Waals surface area contributed by atoms with Gasteiger partial charge in [0.25, 0.3) is 5.91 Å². The van der Waals surface area contributed by atoms with Gasteiger partial charge in [-0.3, -0.25) is 4.79 Å². The van der Waals surface area contributed by atoms with Crippen LogP contribution in [0.15, 0.2) is 42.5 Å². The van der Waals surface area contributed by atoms with E-state index in [0.717, 1.165) is 0 Å². The molecule has 0 atom stereocenters. The fraction of sp³-hybridized carbons (Fsp3) is 0.118. The van der Waals surface area contributed by atoms with Crippen molar-refractivity contribution in [1.29, 1.82) is 5.26 Å². The molecule has 1 amide bonds. The summed E-state index contributed by atoms with van der Waals surface area (Å²) in [5, 5.41) is 11.9. The number of carbonyl (C=O) groups is 2. The second kappa shape index (κ2) is 8.92. The fourth-order valence-corrected chi connectivity index (χ4v) is 2.29. The van der Waals surface area contributed by atoms with E-state index in [2.05, 4.69) is 5.32 Å². The second-order valence-electron chi connectivity index (χ2n) is 4.70. The number of ether oxygens (including phenoxy) is 2. The normalized spacial score (nSPS) is 9.80. The van der Waals surface area contributed by atoms with Gasteiger partial charge >= 0.3 is 5.97 Å². The maximum Gasteiger partial charge on any atom is 0.344 e. The maximum atomic E-state index is 11.8. The summed E-state index contributed by atoms with van der Waals surface area (Å²) in [4.78, 5) is 23.5. The predicted octanol–water partition coefficient (Wildman–Crippen LogP) is 3.43. The Morgan fingerprint density at radius 3 is 2.40 bits per heavy atom. The molecule has 0 unspecified atom stereocenters. The Morgan fingerprint density at radius 2 is 1.72 bits per heavy atom. The van der Waals surface area contributed by atoms with Gasteiger partial charge in [0.1, 0.15) is 11.8 Å². The number of benzene rings is 2. The monoisotopic (exact) mass is 378 g/mol. The molecule has 0 radical (unpaired) electrons. The molecule has 25 heavy (non-hydrogen) atoms. The summed E-state index contributed by atoms with van der Waals surface area (Å²) in [6, 6.07) is 13.2. The molecular formula is C17H12Cl2N2O4. The molecule has 1 N–H and O–H groups in total. The zero-order valence-electron chi connectivity index (χ0n) is 12.8. The molecule has 0 heterocycles. The van der Waals surface area contributed by atoms with Crippen LogP contribution in [-0.4, -0.2) is 25.1 Å². The van der Waals surface area contributed by atoms with Crippen molar-refractivity contribution < 1.29 is 19.1 Å². The Hall–Kier alpha value is -2.75. The van der Waals surface area contributed by atoms with Gasteiger partial charge < -0.3 is 14.8 Å². The first kappa shape index (κ1) is 18.6. The lowest BCUT2D eigenvalue weighted by molar-refractivity contribution is -0.149. The third-order valence-corrected chi connectivity index (χ3v) is 3.57. The van der Waals surface area contributed by atoms with E-state index in [1.54, 1.807) is 42.5 Å². The minimum atomic E-state index is -0.756. The molecule has 0 spiro atoms. The highest BCUT2D eigenvalue weighted by Gasteiger charge is 2.13. The van der Waals surface area contributed by atoms with Crippen LogP contribution in [-0.2, 0) is 14.3 Å². The summed E-state index contributed by atoms with van der Waals surface area (Å²) in [6.45, 7) is -0.956. The molecule has 0 bridgehead atoms. The van der Waals surface area contributed by atoms with Crippen molar-refractivity contribution in [2.45, 2.75) is 0 Å². The van der Waals surface area contributed by atoms with E-state index < -0.39 is 25.1 Å². The third kappa shape index (κ3) is 5.38. The van der Waals surface area contributed by atoms with Gasteiger partial charge in [0.05, 0.1) is 21.3 Å². The molecule has 0 aromatic heterocycles. The van der Waals surface area contributed by atoms with Crippen molar-refractivity contribution in [2.24, 2.45) is 0 Å². The molecule has 6 nitrogen and oxygen atoms in total. The van der Waals surface area contributed by atoms with Crippen LogP contribution < -0.4 is 10.1 Å². The van der Waals surface area contributed by atoms with Crippen LogP contribution in [0.25, 0.3) is 0 Å². The zero-order chi connectivity index (χ0) is 18.2. The molecule has 0 aliphatic rings. The van der Waals surface area contributed by atoms with Crippen LogP contribution in [0.4, 0.5) is 5.69 Å². The van der Waals surface area contributed by atoms with Gasteiger partial charge in [-0.2, -0.15) is 5.26 Å². The first-order valence-corrected chi connectivity index (χ1v) is 7.78. The van der Waals surface area contributed by atoms with E-state index >= 15 is 0 Å². The largest absolute Gasteiger partial charge is 0.481 e. The van der Waals surface area contributed by atoms with E-state index in [-0.39, 0.29) is 21.5 Å². The Morgan fingerprint density at radius 1 is 1.04 bits per heavy atom. The van der Waals surface area contributed by atoms with Gasteiger partial charge in [0, 0.05) is 0 Å². The number of rotatable bonds is 6. The Labute approximate surface area is 153 Å². The summed E-state index contributed by atoms with van der Waals surface area (Å²) >= 11 is 11.9. The number of nitrogens with one attached hydrogen (secondary N) is 1. The number of hydrogen-bond acceptors (Lipinski definition) is 5. The summed E-state index contributed by atoms with van der Waals surface area (Å²) in [6.07, 6.45) is 0. The lowest BCUT2D eigenvalue weighted by atomic mass is 10.2. The number of carbonyl (C=O) groups excluding carboxylic acids is 2. The molecule has 0 saturated carbocycles. The van der Waals surface area contributed by atoms with Crippen LogP contribution >= 0.6 is 23.2 Å². The molecule has 0 saturated heterocycles. The highest BCUT2D eigenvalue weighted by molar-refractivity contribution is 6.39. The molecule has 2 aromatic rings. The van der Waals surface area contributed by atoms with Crippen molar-refractivity contribution in [2.75, 3.05) is 18.5 Å². The molecule has 0 aliphatic carbocycles. The van der Waals surface area contributed by atoms with E-state index in [1.807, 2.05) is 6.07 Å².